The van der Waals surface area contributed by atoms with Crippen molar-refractivity contribution in [3.05, 3.63) is 0 Å². The van der Waals surface area contributed by atoms with E-state index in [4.69, 9.17) is 0 Å². The van der Waals surface area contributed by atoms with Gasteiger partial charge in [-0.15, -0.1) is 0 Å². The molecule has 60 valence electrons. The first-order valence-electron chi connectivity index (χ1n) is 4.09. The van der Waals surface area contributed by atoms with Gasteiger partial charge in [0.25, 0.3) is 5.91 Å². The average Bonchev–Trinajstić information content (AvgIpc) is 2.74. The van der Waals surface area contributed by atoms with Crippen molar-refractivity contribution in [1.29, 1.82) is 0 Å². The van der Waals surface area contributed by atoms with Crippen LogP contribution in [0.2, 0.25) is 0 Å². The van der Waals surface area contributed by atoms with Gasteiger partial charge in [0.2, 0.25) is 5.78 Å². The number of carbonyl (C=O) groups excluding carboxylic acids is 2. The fourth-order valence-corrected chi connectivity index (χ4v) is 1.41. The number of Topliss-reactive ketones (excluding diaryl/α,β-unsaturated/α-hetero) is 1. The zero-order valence-electron chi connectivity index (χ0n) is 6.38. The largest absolute Gasteiger partial charge is 0.335 e. The van der Waals surface area contributed by atoms with E-state index in [1.54, 1.807) is 4.90 Å². The summed E-state index contributed by atoms with van der Waals surface area (Å²) in [5.41, 5.74) is 0. The van der Waals surface area contributed by atoms with Crippen molar-refractivity contribution in [2.24, 2.45) is 5.92 Å². The highest BCUT2D eigenvalue weighted by atomic mass is 16.2. The van der Waals surface area contributed by atoms with Crippen LogP contribution in [0, 0.1) is 5.92 Å². The smallest absolute Gasteiger partial charge is 0.290 e. The van der Waals surface area contributed by atoms with Gasteiger partial charge in [-0.1, -0.05) is 0 Å². The lowest BCUT2D eigenvalue weighted by molar-refractivity contribution is -0.140. The van der Waals surface area contributed by atoms with Crippen molar-refractivity contribution in [2.45, 2.75) is 19.3 Å². The standard InChI is InChI=1S/C8H11NO2/c10-7-3-4-9(8(7)11)5-6-1-2-6/h6H,1-5H2. The van der Waals surface area contributed by atoms with Crippen LogP contribution in [-0.4, -0.2) is 29.7 Å². The van der Waals surface area contributed by atoms with Gasteiger partial charge in [-0.2, -0.15) is 0 Å². The molecule has 0 spiro atoms. The van der Waals surface area contributed by atoms with E-state index in [0.717, 1.165) is 6.54 Å². The third-order valence-electron chi connectivity index (χ3n) is 2.31. The summed E-state index contributed by atoms with van der Waals surface area (Å²) in [5, 5.41) is 0. The minimum Gasteiger partial charge on any atom is -0.335 e. The topological polar surface area (TPSA) is 37.4 Å². The molecule has 3 heteroatoms. The molecule has 0 bridgehead atoms. The molecule has 0 aromatic heterocycles. The van der Waals surface area contributed by atoms with Gasteiger partial charge in [-0.3, -0.25) is 9.59 Å². The summed E-state index contributed by atoms with van der Waals surface area (Å²) in [6, 6.07) is 0. The van der Waals surface area contributed by atoms with Crippen molar-refractivity contribution in [3.63, 3.8) is 0 Å². The van der Waals surface area contributed by atoms with Gasteiger partial charge in [-0.25, -0.2) is 0 Å². The molecule has 3 nitrogen and oxygen atoms in total. The molecular formula is C8H11NO2. The second kappa shape index (κ2) is 2.32. The van der Waals surface area contributed by atoms with E-state index in [9.17, 15) is 9.59 Å². The van der Waals surface area contributed by atoms with Crippen LogP contribution >= 0.6 is 0 Å². The quantitative estimate of drug-likeness (QED) is 0.531. The van der Waals surface area contributed by atoms with Crippen molar-refractivity contribution in [3.8, 4) is 0 Å². The molecule has 0 radical (unpaired) electrons. The number of ketones is 1. The molecule has 0 unspecified atom stereocenters. The lowest BCUT2D eigenvalue weighted by Crippen LogP contribution is -2.29. The lowest BCUT2D eigenvalue weighted by Gasteiger charge is -2.12. The second-order valence-corrected chi connectivity index (χ2v) is 3.37. The number of hydrogen-bond donors (Lipinski definition) is 0. The van der Waals surface area contributed by atoms with Crippen molar-refractivity contribution in [2.75, 3.05) is 13.1 Å². The average molecular weight is 153 g/mol. The first-order valence-corrected chi connectivity index (χ1v) is 4.09. The molecule has 1 amide bonds. The van der Waals surface area contributed by atoms with Gasteiger partial charge < -0.3 is 4.90 Å². The predicted molar refractivity (Wildman–Crippen MR) is 38.9 cm³/mol. The highest BCUT2D eigenvalue weighted by molar-refractivity contribution is 6.37. The second-order valence-electron chi connectivity index (χ2n) is 3.37. The number of hydrogen-bond acceptors (Lipinski definition) is 2. The van der Waals surface area contributed by atoms with E-state index in [1.165, 1.54) is 12.8 Å². The molecular weight excluding hydrogens is 142 g/mol. The summed E-state index contributed by atoms with van der Waals surface area (Å²) in [4.78, 5) is 23.5. The zero-order valence-corrected chi connectivity index (χ0v) is 6.38. The van der Waals surface area contributed by atoms with Crippen LogP contribution in [0.5, 0.6) is 0 Å². The van der Waals surface area contributed by atoms with Crippen LogP contribution in [0.1, 0.15) is 19.3 Å². The molecule has 2 fully saturated rings. The van der Waals surface area contributed by atoms with Gasteiger partial charge in [0.15, 0.2) is 0 Å². The molecule has 1 aliphatic heterocycles. The molecule has 0 atom stereocenters. The van der Waals surface area contributed by atoms with Crippen LogP contribution in [0.4, 0.5) is 0 Å². The van der Waals surface area contributed by atoms with E-state index < -0.39 is 0 Å². The van der Waals surface area contributed by atoms with E-state index in [1.807, 2.05) is 0 Å². The summed E-state index contributed by atoms with van der Waals surface area (Å²) in [6.45, 7) is 1.48. The Kier molecular flexibility index (Phi) is 1.44. The molecule has 0 N–H and O–H groups in total. The first-order chi connectivity index (χ1) is 5.27. The number of amides is 1. The molecule has 1 saturated heterocycles. The third-order valence-corrected chi connectivity index (χ3v) is 2.31. The molecule has 0 aromatic rings. The van der Waals surface area contributed by atoms with Gasteiger partial charge in [0.05, 0.1) is 0 Å². The SMILES string of the molecule is O=C1CCN(CC2CC2)C1=O. The van der Waals surface area contributed by atoms with E-state index >= 15 is 0 Å². The summed E-state index contributed by atoms with van der Waals surface area (Å²) >= 11 is 0. The Morgan fingerprint density at radius 2 is 2.09 bits per heavy atom. The molecule has 1 saturated carbocycles. The molecule has 2 aliphatic rings. The molecule has 0 aromatic carbocycles. The Labute approximate surface area is 65.4 Å². The van der Waals surface area contributed by atoms with Crippen molar-refractivity contribution < 1.29 is 9.59 Å². The number of carbonyl (C=O) groups is 2. The number of rotatable bonds is 2. The fourth-order valence-electron chi connectivity index (χ4n) is 1.41. The maximum Gasteiger partial charge on any atom is 0.290 e. The highest BCUT2D eigenvalue weighted by Gasteiger charge is 2.33. The Morgan fingerprint density at radius 1 is 1.36 bits per heavy atom. The summed E-state index contributed by atoms with van der Waals surface area (Å²) in [5.74, 6) is 0.243. The molecule has 1 heterocycles. The van der Waals surface area contributed by atoms with Gasteiger partial charge in [-0.05, 0) is 18.8 Å². The monoisotopic (exact) mass is 153 g/mol. The molecule has 11 heavy (non-hydrogen) atoms. The molecule has 1 aliphatic carbocycles. The summed E-state index contributed by atoms with van der Waals surface area (Å²) in [7, 11) is 0. The lowest BCUT2D eigenvalue weighted by atomic mass is 10.3. The van der Waals surface area contributed by atoms with E-state index in [0.29, 0.717) is 18.9 Å². The Bertz CT molecular complexity index is 208. The van der Waals surface area contributed by atoms with Gasteiger partial charge in [0, 0.05) is 19.5 Å². The molecule has 2 rings (SSSR count). The van der Waals surface area contributed by atoms with Crippen molar-refractivity contribution in [1.82, 2.24) is 4.90 Å². The van der Waals surface area contributed by atoms with Gasteiger partial charge >= 0.3 is 0 Å². The normalized spacial score (nSPS) is 24.9. The van der Waals surface area contributed by atoms with Crippen molar-refractivity contribution >= 4 is 11.7 Å². The predicted octanol–water partition coefficient (Wildman–Crippen LogP) is 0.198. The highest BCUT2D eigenvalue weighted by Crippen LogP contribution is 2.30. The minimum atomic E-state index is -0.253. The fraction of sp³-hybridized carbons (Fsp3) is 0.750. The number of nitrogens with zero attached hydrogens (tertiary/aromatic N) is 1. The van der Waals surface area contributed by atoms with Crippen LogP contribution in [0.3, 0.4) is 0 Å². The third kappa shape index (κ3) is 1.27. The Morgan fingerprint density at radius 3 is 2.55 bits per heavy atom. The van der Waals surface area contributed by atoms with E-state index in [-0.39, 0.29) is 11.7 Å². The Balaban J connectivity index is 1.93. The van der Waals surface area contributed by atoms with Crippen LogP contribution < -0.4 is 0 Å². The minimum absolute atomic E-state index is 0.203. The zero-order chi connectivity index (χ0) is 7.84. The maximum atomic E-state index is 11.0. The van der Waals surface area contributed by atoms with Gasteiger partial charge in [0.1, 0.15) is 0 Å². The Hall–Kier alpha value is -0.860. The van der Waals surface area contributed by atoms with Crippen LogP contribution in [0.15, 0.2) is 0 Å². The summed E-state index contributed by atoms with van der Waals surface area (Å²) in [6.07, 6.45) is 2.90. The first kappa shape index (κ1) is 6.83. The van der Waals surface area contributed by atoms with Crippen LogP contribution in [0.25, 0.3) is 0 Å². The number of likely N-dealkylation sites (tertiary alicyclic amines) is 1. The summed E-state index contributed by atoms with van der Waals surface area (Å²) < 4.78 is 0. The van der Waals surface area contributed by atoms with Crippen LogP contribution in [-0.2, 0) is 9.59 Å². The van der Waals surface area contributed by atoms with E-state index in [2.05, 4.69) is 0 Å². The maximum absolute atomic E-state index is 11.0.